The number of hydrogen-bond donors (Lipinski definition) is 0. The number of allylic oxidation sites excluding steroid dienone is 4. The molecule has 0 heterocycles. The lowest BCUT2D eigenvalue weighted by Crippen LogP contribution is -2.48. The van der Waals surface area contributed by atoms with Crippen LogP contribution in [0.3, 0.4) is 0 Å². The van der Waals surface area contributed by atoms with Crippen molar-refractivity contribution in [3.05, 3.63) is 23.3 Å². The minimum Gasteiger partial charge on any atom is -0.300 e. The van der Waals surface area contributed by atoms with Gasteiger partial charge in [-0.15, -0.1) is 0 Å². The van der Waals surface area contributed by atoms with Gasteiger partial charge in [-0.25, -0.2) is 0 Å². The Morgan fingerprint density at radius 1 is 1.13 bits per heavy atom. The fourth-order valence-corrected chi connectivity index (χ4v) is 6.51. The Morgan fingerprint density at radius 2 is 1.91 bits per heavy atom. The molecule has 2 heteroatoms. The summed E-state index contributed by atoms with van der Waals surface area (Å²) in [7, 11) is 0. The normalized spacial score (nSPS) is 45.5. The fraction of sp³-hybridized carbons (Fsp3) is 0.714. The average molecular weight is 312 g/mol. The van der Waals surface area contributed by atoms with E-state index in [2.05, 4.69) is 19.9 Å². The molecule has 0 aromatic carbocycles. The van der Waals surface area contributed by atoms with E-state index in [0.717, 1.165) is 32.1 Å². The van der Waals surface area contributed by atoms with Gasteiger partial charge in [-0.05, 0) is 74.2 Å². The lowest BCUT2D eigenvalue weighted by atomic mass is 9.48. The summed E-state index contributed by atoms with van der Waals surface area (Å²) in [5.41, 5.74) is 3.33. The van der Waals surface area contributed by atoms with Crippen molar-refractivity contribution in [2.24, 2.45) is 28.6 Å². The van der Waals surface area contributed by atoms with Gasteiger partial charge >= 0.3 is 0 Å². The summed E-state index contributed by atoms with van der Waals surface area (Å²) in [5, 5.41) is 0. The van der Waals surface area contributed by atoms with Crippen molar-refractivity contribution in [2.45, 2.75) is 65.7 Å². The first kappa shape index (κ1) is 15.4. The molecule has 0 amide bonds. The van der Waals surface area contributed by atoms with E-state index < -0.39 is 0 Å². The predicted molar refractivity (Wildman–Crippen MR) is 90.9 cm³/mol. The Hall–Kier alpha value is -1.18. The quantitative estimate of drug-likeness (QED) is 0.661. The zero-order chi connectivity index (χ0) is 16.4. The molecule has 0 saturated heterocycles. The molecule has 5 atom stereocenters. The van der Waals surface area contributed by atoms with E-state index in [1.807, 2.05) is 6.08 Å². The lowest BCUT2D eigenvalue weighted by Gasteiger charge is -2.56. The van der Waals surface area contributed by atoms with Gasteiger partial charge in [0.2, 0.25) is 0 Å². The van der Waals surface area contributed by atoms with E-state index in [1.165, 1.54) is 18.4 Å². The van der Waals surface area contributed by atoms with Crippen LogP contribution in [0.4, 0.5) is 0 Å². The molecule has 2 nitrogen and oxygen atoms in total. The van der Waals surface area contributed by atoms with E-state index in [0.29, 0.717) is 23.4 Å². The maximum absolute atomic E-state index is 12.1. The summed E-state index contributed by atoms with van der Waals surface area (Å²) < 4.78 is 0. The van der Waals surface area contributed by atoms with Crippen molar-refractivity contribution in [3.63, 3.8) is 0 Å². The van der Waals surface area contributed by atoms with E-state index in [4.69, 9.17) is 0 Å². The van der Waals surface area contributed by atoms with E-state index in [1.54, 1.807) is 12.5 Å². The zero-order valence-electron chi connectivity index (χ0n) is 14.7. The number of rotatable bonds is 1. The highest BCUT2D eigenvalue weighted by Crippen LogP contribution is 2.64. The molecule has 2 saturated carbocycles. The second-order valence-electron chi connectivity index (χ2n) is 8.82. The summed E-state index contributed by atoms with van der Waals surface area (Å²) in [5.74, 6) is 2.20. The second-order valence-corrected chi connectivity index (χ2v) is 8.82. The Morgan fingerprint density at radius 3 is 2.65 bits per heavy atom. The van der Waals surface area contributed by atoms with Crippen LogP contribution in [-0.4, -0.2) is 11.6 Å². The van der Waals surface area contributed by atoms with Crippen LogP contribution < -0.4 is 0 Å². The van der Waals surface area contributed by atoms with Crippen molar-refractivity contribution in [1.29, 1.82) is 0 Å². The Labute approximate surface area is 139 Å². The number of ketones is 2. The highest BCUT2D eigenvalue weighted by Gasteiger charge is 2.56. The third-order valence-corrected chi connectivity index (χ3v) is 7.86. The third-order valence-electron chi connectivity index (χ3n) is 7.86. The van der Waals surface area contributed by atoms with Crippen LogP contribution >= 0.6 is 0 Å². The van der Waals surface area contributed by atoms with Crippen LogP contribution in [0.5, 0.6) is 0 Å². The molecule has 0 bridgehead atoms. The number of carbonyl (C=O) groups excluding carboxylic acids is 2. The van der Waals surface area contributed by atoms with E-state index in [9.17, 15) is 9.59 Å². The molecule has 0 aliphatic heterocycles. The standard InChI is InChI=1S/C21H28O2/c1-13(22)17-6-7-18-16-5-4-14-12-15(23)8-10-20(14,2)19(16)9-11-21(17,18)3/h7,12,16-17,19H,4-6,8-11H2,1-3H3/t16-,17+,19+,20-,21+/m0/s1. The largest absolute Gasteiger partial charge is 0.300 e. The van der Waals surface area contributed by atoms with Crippen LogP contribution in [0.2, 0.25) is 0 Å². The molecule has 124 valence electrons. The smallest absolute Gasteiger partial charge is 0.155 e. The van der Waals surface area contributed by atoms with E-state index >= 15 is 0 Å². The molecule has 4 rings (SSSR count). The summed E-state index contributed by atoms with van der Waals surface area (Å²) >= 11 is 0. The summed E-state index contributed by atoms with van der Waals surface area (Å²) in [6.07, 6.45) is 11.7. The number of carbonyl (C=O) groups is 2. The molecule has 0 aromatic heterocycles. The van der Waals surface area contributed by atoms with Crippen molar-refractivity contribution in [1.82, 2.24) is 0 Å². The van der Waals surface area contributed by atoms with Gasteiger partial charge < -0.3 is 0 Å². The minimum absolute atomic E-state index is 0.106. The summed E-state index contributed by atoms with van der Waals surface area (Å²) in [6.45, 7) is 6.52. The summed E-state index contributed by atoms with van der Waals surface area (Å²) in [6, 6.07) is 0. The third kappa shape index (κ3) is 1.99. The lowest BCUT2D eigenvalue weighted by molar-refractivity contribution is -0.124. The monoisotopic (exact) mass is 312 g/mol. The Bertz CT molecular complexity index is 640. The van der Waals surface area contributed by atoms with Gasteiger partial charge in [0.1, 0.15) is 5.78 Å². The molecular weight excluding hydrogens is 284 g/mol. The van der Waals surface area contributed by atoms with Crippen LogP contribution in [-0.2, 0) is 9.59 Å². The van der Waals surface area contributed by atoms with Crippen LogP contribution in [0.15, 0.2) is 23.3 Å². The van der Waals surface area contributed by atoms with Gasteiger partial charge in [-0.1, -0.05) is 31.1 Å². The molecule has 2 fully saturated rings. The summed E-state index contributed by atoms with van der Waals surface area (Å²) in [4.78, 5) is 24.0. The zero-order valence-corrected chi connectivity index (χ0v) is 14.7. The SMILES string of the molecule is CC(=O)[C@H]1CC=C2[C@@H]3CCC4=CC(=O)CC[C@]4(C)[C@@H]3CC[C@@]21C. The van der Waals surface area contributed by atoms with Gasteiger partial charge in [0.05, 0.1) is 0 Å². The van der Waals surface area contributed by atoms with Crippen molar-refractivity contribution >= 4 is 11.6 Å². The first-order valence-corrected chi connectivity index (χ1v) is 9.31. The van der Waals surface area contributed by atoms with Crippen molar-refractivity contribution < 1.29 is 9.59 Å². The minimum atomic E-state index is 0.106. The topological polar surface area (TPSA) is 34.1 Å². The fourth-order valence-electron chi connectivity index (χ4n) is 6.51. The van der Waals surface area contributed by atoms with Gasteiger partial charge in [0.25, 0.3) is 0 Å². The molecule has 0 spiro atoms. The Kier molecular flexibility index (Phi) is 3.28. The number of fused-ring (bicyclic) bond motifs is 5. The molecule has 0 N–H and O–H groups in total. The van der Waals surface area contributed by atoms with Crippen LogP contribution in [0.25, 0.3) is 0 Å². The Balaban J connectivity index is 1.70. The average Bonchev–Trinajstić information content (AvgIpc) is 2.85. The number of Topliss-reactive ketones (excluding diaryl/α,β-unsaturated/α-hetero) is 1. The first-order valence-electron chi connectivity index (χ1n) is 9.31. The second kappa shape index (κ2) is 4.91. The molecular formula is C21H28O2. The van der Waals surface area contributed by atoms with Gasteiger partial charge in [-0.3, -0.25) is 9.59 Å². The molecule has 4 aliphatic carbocycles. The van der Waals surface area contributed by atoms with E-state index in [-0.39, 0.29) is 16.7 Å². The van der Waals surface area contributed by atoms with Gasteiger partial charge in [-0.2, -0.15) is 0 Å². The first-order chi connectivity index (χ1) is 10.9. The highest BCUT2D eigenvalue weighted by atomic mass is 16.1. The number of hydrogen-bond acceptors (Lipinski definition) is 2. The molecule has 4 aliphatic rings. The predicted octanol–water partition coefficient (Wildman–Crippen LogP) is 4.64. The van der Waals surface area contributed by atoms with Crippen molar-refractivity contribution in [3.8, 4) is 0 Å². The maximum Gasteiger partial charge on any atom is 0.155 e. The molecule has 23 heavy (non-hydrogen) atoms. The van der Waals surface area contributed by atoms with Crippen LogP contribution in [0.1, 0.15) is 65.7 Å². The van der Waals surface area contributed by atoms with Gasteiger partial charge in [0.15, 0.2) is 5.78 Å². The highest BCUT2D eigenvalue weighted by molar-refractivity contribution is 5.91. The van der Waals surface area contributed by atoms with Crippen LogP contribution in [0, 0.1) is 28.6 Å². The van der Waals surface area contributed by atoms with Crippen molar-refractivity contribution in [2.75, 3.05) is 0 Å². The molecule has 0 radical (unpaired) electrons. The molecule has 0 unspecified atom stereocenters. The maximum atomic E-state index is 12.1. The van der Waals surface area contributed by atoms with Gasteiger partial charge in [0, 0.05) is 12.3 Å². The molecule has 0 aromatic rings.